The second-order valence-electron chi connectivity index (χ2n) is 6.31. The normalized spacial score (nSPS) is 14.2. The Hall–Kier alpha value is -2.55. The molecule has 1 aliphatic rings. The Labute approximate surface area is 150 Å². The van der Waals surface area contributed by atoms with Crippen LogP contribution in [0, 0.1) is 0 Å². The van der Waals surface area contributed by atoms with Gasteiger partial charge in [-0.3, -0.25) is 4.99 Å². The van der Waals surface area contributed by atoms with Crippen molar-refractivity contribution in [3.63, 3.8) is 0 Å². The number of nitrogens with zero attached hydrogens (tertiary/aromatic N) is 2. The fourth-order valence-corrected chi connectivity index (χ4v) is 2.88. The Balaban J connectivity index is 1.73. The molecule has 0 aromatic heterocycles. The van der Waals surface area contributed by atoms with Crippen molar-refractivity contribution < 1.29 is 4.74 Å². The number of anilines is 1. The summed E-state index contributed by atoms with van der Waals surface area (Å²) in [6, 6.07) is 16.7. The van der Waals surface area contributed by atoms with E-state index in [-0.39, 0.29) is 0 Å². The van der Waals surface area contributed by atoms with Crippen molar-refractivity contribution in [3.05, 3.63) is 65.7 Å². The summed E-state index contributed by atoms with van der Waals surface area (Å²) in [6.07, 6.45) is 6.48. The molecule has 0 atom stereocenters. The lowest BCUT2D eigenvalue weighted by atomic mass is 10.1. The number of benzodiazepines with no additional fused rings is 1. The van der Waals surface area contributed by atoms with Crippen molar-refractivity contribution in [1.82, 2.24) is 0 Å². The lowest BCUT2D eigenvalue weighted by Gasteiger charge is -2.18. The highest BCUT2D eigenvalue weighted by atomic mass is 16.5. The van der Waals surface area contributed by atoms with Gasteiger partial charge in [0.25, 0.3) is 0 Å². The lowest BCUT2D eigenvalue weighted by Crippen LogP contribution is -2.20. The summed E-state index contributed by atoms with van der Waals surface area (Å²) in [5.41, 5.74) is 4.63. The first kappa shape index (κ1) is 17.3. The van der Waals surface area contributed by atoms with Gasteiger partial charge in [-0.1, -0.05) is 49.8 Å². The number of fused-ring (bicyclic) bond motifs is 1. The fourth-order valence-electron chi connectivity index (χ4n) is 2.88. The van der Waals surface area contributed by atoms with Gasteiger partial charge in [0.2, 0.25) is 0 Å². The van der Waals surface area contributed by atoms with Crippen LogP contribution in [0.15, 0.2) is 59.6 Å². The molecule has 0 radical (unpaired) electrons. The maximum absolute atomic E-state index is 5.72. The molecule has 25 heavy (non-hydrogen) atoms. The van der Waals surface area contributed by atoms with E-state index in [0.29, 0.717) is 0 Å². The molecule has 0 amide bonds. The first-order valence-electron chi connectivity index (χ1n) is 9.04. The van der Waals surface area contributed by atoms with E-state index in [9.17, 15) is 0 Å². The summed E-state index contributed by atoms with van der Waals surface area (Å²) in [5, 5.41) is 0. The van der Waals surface area contributed by atoms with Gasteiger partial charge in [0.05, 0.1) is 18.9 Å². The molecule has 0 saturated carbocycles. The number of unbranched alkanes of at least 4 members (excludes halogenated alkanes) is 1. The topological polar surface area (TPSA) is 24.8 Å². The highest BCUT2D eigenvalue weighted by molar-refractivity contribution is 6.14. The molecule has 3 rings (SSSR count). The van der Waals surface area contributed by atoms with E-state index in [1.54, 1.807) is 0 Å². The quantitative estimate of drug-likeness (QED) is 0.708. The molecule has 0 N–H and O–H groups in total. The van der Waals surface area contributed by atoms with Crippen LogP contribution in [0.1, 0.15) is 30.9 Å². The standard InChI is InChI=1S/C22H26N2O/c1-3-4-17-25-19-12-9-18(10-13-19)11-14-21-20-7-5-6-8-22(20)24(2)16-15-23-21/h5-14H,3-4,15-17H2,1-2H3/b14-11+. The van der Waals surface area contributed by atoms with E-state index in [0.717, 1.165) is 49.6 Å². The summed E-state index contributed by atoms with van der Waals surface area (Å²) < 4.78 is 5.72. The van der Waals surface area contributed by atoms with E-state index < -0.39 is 0 Å². The second-order valence-corrected chi connectivity index (χ2v) is 6.31. The number of hydrogen-bond donors (Lipinski definition) is 0. The number of likely N-dealkylation sites (N-methyl/N-ethyl adjacent to an activating group) is 1. The Morgan fingerprint density at radius 2 is 1.88 bits per heavy atom. The molecule has 3 nitrogen and oxygen atoms in total. The minimum Gasteiger partial charge on any atom is -0.494 e. The van der Waals surface area contributed by atoms with Crippen LogP contribution in [0.25, 0.3) is 6.08 Å². The Morgan fingerprint density at radius 3 is 2.68 bits per heavy atom. The van der Waals surface area contributed by atoms with Gasteiger partial charge in [-0.15, -0.1) is 0 Å². The van der Waals surface area contributed by atoms with E-state index in [4.69, 9.17) is 9.73 Å². The third-order valence-corrected chi connectivity index (χ3v) is 4.39. The summed E-state index contributed by atoms with van der Waals surface area (Å²) in [4.78, 5) is 7.03. The summed E-state index contributed by atoms with van der Waals surface area (Å²) >= 11 is 0. The molecule has 1 aliphatic heterocycles. The third kappa shape index (κ3) is 4.50. The number of rotatable bonds is 6. The van der Waals surface area contributed by atoms with Gasteiger partial charge >= 0.3 is 0 Å². The predicted molar refractivity (Wildman–Crippen MR) is 107 cm³/mol. The van der Waals surface area contributed by atoms with Crippen molar-refractivity contribution >= 4 is 17.5 Å². The number of para-hydroxylation sites is 1. The van der Waals surface area contributed by atoms with Crippen molar-refractivity contribution in [2.45, 2.75) is 19.8 Å². The summed E-state index contributed by atoms with van der Waals surface area (Å²) in [5.74, 6) is 0.935. The average Bonchev–Trinajstić information content (AvgIpc) is 2.81. The van der Waals surface area contributed by atoms with E-state index >= 15 is 0 Å². The van der Waals surface area contributed by atoms with Crippen LogP contribution in [0.5, 0.6) is 5.75 Å². The van der Waals surface area contributed by atoms with Crippen LogP contribution in [0.3, 0.4) is 0 Å². The molecule has 0 bridgehead atoms. The minimum atomic E-state index is 0.785. The Morgan fingerprint density at radius 1 is 1.08 bits per heavy atom. The fraction of sp³-hybridized carbons (Fsp3) is 0.318. The molecular formula is C22H26N2O. The Kier molecular flexibility index (Phi) is 5.89. The average molecular weight is 334 g/mol. The molecule has 2 aromatic rings. The van der Waals surface area contributed by atoms with E-state index in [1.807, 2.05) is 12.1 Å². The molecule has 0 spiro atoms. The van der Waals surface area contributed by atoms with Gasteiger partial charge in [-0.2, -0.15) is 0 Å². The highest BCUT2D eigenvalue weighted by Crippen LogP contribution is 2.23. The minimum absolute atomic E-state index is 0.785. The van der Waals surface area contributed by atoms with Gasteiger partial charge in [0.15, 0.2) is 0 Å². The molecule has 0 unspecified atom stereocenters. The molecule has 130 valence electrons. The number of ether oxygens (including phenoxy) is 1. The Bertz CT molecular complexity index is 747. The maximum Gasteiger partial charge on any atom is 0.119 e. The SMILES string of the molecule is CCCCOc1ccc(/C=C/C2=NCCN(C)c3ccccc32)cc1. The van der Waals surface area contributed by atoms with Crippen LogP contribution < -0.4 is 9.64 Å². The van der Waals surface area contributed by atoms with Crippen LogP contribution in [0.4, 0.5) is 5.69 Å². The predicted octanol–water partition coefficient (Wildman–Crippen LogP) is 4.82. The molecule has 0 saturated heterocycles. The molecule has 0 fully saturated rings. The van der Waals surface area contributed by atoms with Crippen LogP contribution in [0.2, 0.25) is 0 Å². The number of aliphatic imine (C=N–C) groups is 1. The zero-order valence-electron chi connectivity index (χ0n) is 15.1. The van der Waals surface area contributed by atoms with Crippen LogP contribution in [-0.2, 0) is 0 Å². The van der Waals surface area contributed by atoms with Crippen molar-refractivity contribution in [3.8, 4) is 5.75 Å². The summed E-state index contributed by atoms with van der Waals surface area (Å²) in [7, 11) is 2.12. The molecule has 0 aliphatic carbocycles. The van der Waals surface area contributed by atoms with Gasteiger partial charge < -0.3 is 9.64 Å². The molecular weight excluding hydrogens is 308 g/mol. The van der Waals surface area contributed by atoms with E-state index in [2.05, 4.69) is 67.4 Å². The van der Waals surface area contributed by atoms with Gasteiger partial charge in [0, 0.05) is 24.8 Å². The largest absolute Gasteiger partial charge is 0.494 e. The first-order valence-corrected chi connectivity index (χ1v) is 9.04. The van der Waals surface area contributed by atoms with Crippen LogP contribution in [-0.4, -0.2) is 32.5 Å². The smallest absolute Gasteiger partial charge is 0.119 e. The lowest BCUT2D eigenvalue weighted by molar-refractivity contribution is 0.309. The first-order chi connectivity index (χ1) is 12.3. The zero-order valence-corrected chi connectivity index (χ0v) is 15.1. The number of benzene rings is 2. The van der Waals surface area contributed by atoms with Crippen molar-refractivity contribution in [2.24, 2.45) is 4.99 Å². The zero-order chi connectivity index (χ0) is 17.5. The monoisotopic (exact) mass is 334 g/mol. The second kappa shape index (κ2) is 8.52. The number of hydrogen-bond acceptors (Lipinski definition) is 3. The van der Waals surface area contributed by atoms with Gasteiger partial charge in [-0.05, 0) is 36.3 Å². The van der Waals surface area contributed by atoms with Crippen molar-refractivity contribution in [2.75, 3.05) is 31.6 Å². The third-order valence-electron chi connectivity index (χ3n) is 4.39. The highest BCUT2D eigenvalue weighted by Gasteiger charge is 2.13. The summed E-state index contributed by atoms with van der Waals surface area (Å²) in [6.45, 7) is 4.71. The molecule has 3 heteroatoms. The molecule has 2 aromatic carbocycles. The number of allylic oxidation sites excluding steroid dienone is 1. The maximum atomic E-state index is 5.72. The van der Waals surface area contributed by atoms with E-state index in [1.165, 1.54) is 11.3 Å². The van der Waals surface area contributed by atoms with Crippen LogP contribution >= 0.6 is 0 Å². The van der Waals surface area contributed by atoms with Crippen molar-refractivity contribution in [1.29, 1.82) is 0 Å². The van der Waals surface area contributed by atoms with Gasteiger partial charge in [0.1, 0.15) is 5.75 Å². The van der Waals surface area contributed by atoms with Gasteiger partial charge in [-0.25, -0.2) is 0 Å². The molecule has 1 heterocycles.